The van der Waals surface area contributed by atoms with Gasteiger partial charge in [0, 0.05) is 11.6 Å². The van der Waals surface area contributed by atoms with Crippen LogP contribution < -0.4 is 5.73 Å². The summed E-state index contributed by atoms with van der Waals surface area (Å²) in [5, 5.41) is 0. The van der Waals surface area contributed by atoms with Crippen molar-refractivity contribution in [3.8, 4) is 0 Å². The maximum Gasteiger partial charge on any atom is 0.123 e. The van der Waals surface area contributed by atoms with E-state index >= 15 is 0 Å². The van der Waals surface area contributed by atoms with E-state index in [-0.39, 0.29) is 0 Å². The molecule has 1 rings (SSSR count). The molecule has 2 nitrogen and oxygen atoms in total. The minimum absolute atomic E-state index is 0.578. The number of aryl methyl sites for hydroxylation is 2. The van der Waals surface area contributed by atoms with Crippen molar-refractivity contribution in [2.45, 2.75) is 20.3 Å². The van der Waals surface area contributed by atoms with Gasteiger partial charge in [-0.1, -0.05) is 12.2 Å². The fourth-order valence-corrected chi connectivity index (χ4v) is 1.51. The molecule has 0 spiro atoms. The summed E-state index contributed by atoms with van der Waals surface area (Å²) in [6.45, 7) is 4.00. The van der Waals surface area contributed by atoms with E-state index in [1.165, 1.54) is 0 Å². The van der Waals surface area contributed by atoms with Crippen molar-refractivity contribution < 1.29 is 0 Å². The van der Waals surface area contributed by atoms with Crippen molar-refractivity contribution in [1.82, 2.24) is 4.98 Å². The quantitative estimate of drug-likeness (QED) is 0.780. The third kappa shape index (κ3) is 2.74. The minimum atomic E-state index is 0.578. The van der Waals surface area contributed by atoms with Crippen LogP contribution in [0.4, 0.5) is 5.82 Å². The van der Waals surface area contributed by atoms with Crippen molar-refractivity contribution in [1.29, 1.82) is 0 Å². The first kappa shape index (κ1) is 11.1. The van der Waals surface area contributed by atoms with Crippen LogP contribution in [0.3, 0.4) is 0 Å². The lowest BCUT2D eigenvalue weighted by atomic mass is 10.1. The molecule has 0 atom stereocenters. The third-order valence-electron chi connectivity index (χ3n) is 2.04. The summed E-state index contributed by atoms with van der Waals surface area (Å²) in [6.07, 6.45) is 4.99. The Labute approximate surface area is 89.8 Å². The lowest BCUT2D eigenvalue weighted by Crippen LogP contribution is -1.97. The highest BCUT2D eigenvalue weighted by Gasteiger charge is 2.01. The summed E-state index contributed by atoms with van der Waals surface area (Å²) in [5.41, 5.74) is 8.89. The first-order valence-corrected chi connectivity index (χ1v) is 5.15. The highest BCUT2D eigenvalue weighted by molar-refractivity contribution is 6.17. The molecular formula is C11H15ClN2. The zero-order valence-electron chi connectivity index (χ0n) is 8.55. The number of hydrogen-bond acceptors (Lipinski definition) is 2. The largest absolute Gasteiger partial charge is 0.384 e. The third-order valence-corrected chi connectivity index (χ3v) is 2.25. The summed E-state index contributed by atoms with van der Waals surface area (Å²) in [4.78, 5) is 4.21. The van der Waals surface area contributed by atoms with Gasteiger partial charge in [0.2, 0.25) is 0 Å². The van der Waals surface area contributed by atoms with Crippen LogP contribution in [0.1, 0.15) is 23.2 Å². The monoisotopic (exact) mass is 210 g/mol. The summed E-state index contributed by atoms with van der Waals surface area (Å²) in [5.74, 6) is 1.23. The Bertz CT molecular complexity index is 322. The number of halogens is 1. The maximum absolute atomic E-state index is 5.63. The Balaban J connectivity index is 2.96. The van der Waals surface area contributed by atoms with Gasteiger partial charge in [0.15, 0.2) is 0 Å². The average molecular weight is 211 g/mol. The summed E-state index contributed by atoms with van der Waals surface area (Å²) < 4.78 is 0. The number of nitrogens with zero attached hydrogens (tertiary/aromatic N) is 1. The van der Waals surface area contributed by atoms with Crippen LogP contribution in [0.5, 0.6) is 0 Å². The van der Waals surface area contributed by atoms with Crippen molar-refractivity contribution in [2.75, 3.05) is 11.6 Å². The predicted octanol–water partition coefficient (Wildman–Crippen LogP) is 2.92. The number of pyridine rings is 1. The molecule has 1 aromatic rings. The van der Waals surface area contributed by atoms with Crippen LogP contribution in [0.15, 0.2) is 12.1 Å². The molecule has 0 unspecified atom stereocenters. The van der Waals surface area contributed by atoms with Gasteiger partial charge in [-0.05, 0) is 37.5 Å². The summed E-state index contributed by atoms with van der Waals surface area (Å²) in [6, 6.07) is 1.88. The number of alkyl halides is 1. The fraction of sp³-hybridized carbons (Fsp3) is 0.364. The van der Waals surface area contributed by atoms with Gasteiger partial charge >= 0.3 is 0 Å². The molecule has 0 aliphatic carbocycles. The number of hydrogen-bond donors (Lipinski definition) is 1. The molecule has 0 amide bonds. The van der Waals surface area contributed by atoms with Crippen molar-refractivity contribution in [3.63, 3.8) is 0 Å². The molecule has 1 heterocycles. The molecule has 0 bridgehead atoms. The molecule has 0 fully saturated rings. The highest BCUT2D eigenvalue weighted by atomic mass is 35.5. The SMILES string of the molecule is Cc1cc(N)nc(C)c1C=CCCCl. The molecule has 0 radical (unpaired) electrons. The van der Waals surface area contributed by atoms with E-state index in [0.717, 1.165) is 23.2 Å². The van der Waals surface area contributed by atoms with E-state index in [1.54, 1.807) is 0 Å². The van der Waals surface area contributed by atoms with Gasteiger partial charge in [-0.3, -0.25) is 0 Å². The molecule has 3 heteroatoms. The average Bonchev–Trinajstić information content (AvgIpc) is 2.09. The molecule has 14 heavy (non-hydrogen) atoms. The van der Waals surface area contributed by atoms with Crippen molar-refractivity contribution in [2.24, 2.45) is 0 Å². The number of nitrogen functional groups attached to an aromatic ring is 1. The molecule has 76 valence electrons. The summed E-state index contributed by atoms with van der Waals surface area (Å²) in [7, 11) is 0. The first-order valence-electron chi connectivity index (χ1n) is 4.61. The summed E-state index contributed by atoms with van der Waals surface area (Å²) >= 11 is 5.59. The van der Waals surface area contributed by atoms with Gasteiger partial charge in [-0.25, -0.2) is 4.98 Å². The standard InChI is InChI=1S/C11H15ClN2/c1-8-7-11(13)14-9(2)10(8)5-3-4-6-12/h3,5,7H,4,6H2,1-2H3,(H2,13,14). The molecule has 1 aromatic heterocycles. The van der Waals surface area contributed by atoms with E-state index in [1.807, 2.05) is 19.9 Å². The Hall–Kier alpha value is -1.02. The number of nitrogens with two attached hydrogens (primary N) is 1. The smallest absolute Gasteiger partial charge is 0.123 e. The lowest BCUT2D eigenvalue weighted by Gasteiger charge is -2.05. The van der Waals surface area contributed by atoms with Crippen molar-refractivity contribution in [3.05, 3.63) is 29.0 Å². The molecule has 0 aromatic carbocycles. The highest BCUT2D eigenvalue weighted by Crippen LogP contribution is 2.16. The van der Waals surface area contributed by atoms with Crippen LogP contribution in [-0.4, -0.2) is 10.9 Å². The van der Waals surface area contributed by atoms with Gasteiger partial charge in [0.25, 0.3) is 0 Å². The topological polar surface area (TPSA) is 38.9 Å². The Morgan fingerprint density at radius 3 is 2.79 bits per heavy atom. The van der Waals surface area contributed by atoms with Gasteiger partial charge < -0.3 is 5.73 Å². The van der Waals surface area contributed by atoms with E-state index in [4.69, 9.17) is 17.3 Å². The molecule has 0 aliphatic rings. The number of aromatic nitrogens is 1. The minimum Gasteiger partial charge on any atom is -0.384 e. The fourth-order valence-electron chi connectivity index (χ4n) is 1.39. The molecular weight excluding hydrogens is 196 g/mol. The molecule has 0 saturated carbocycles. The first-order chi connectivity index (χ1) is 6.65. The van der Waals surface area contributed by atoms with Gasteiger partial charge in [-0.15, -0.1) is 11.6 Å². The van der Waals surface area contributed by atoms with Crippen molar-refractivity contribution >= 4 is 23.5 Å². The predicted molar refractivity (Wildman–Crippen MR) is 62.5 cm³/mol. The normalized spacial score (nSPS) is 11.1. The molecule has 0 saturated heterocycles. The Kier molecular flexibility index (Phi) is 3.96. The van der Waals surface area contributed by atoms with Gasteiger partial charge in [0.05, 0.1) is 0 Å². The lowest BCUT2D eigenvalue weighted by molar-refractivity contribution is 1.17. The molecule has 0 aliphatic heterocycles. The van der Waals surface area contributed by atoms with Crippen LogP contribution in [0.25, 0.3) is 6.08 Å². The van der Waals surface area contributed by atoms with Crippen LogP contribution in [0, 0.1) is 13.8 Å². The number of anilines is 1. The van der Waals surface area contributed by atoms with E-state index in [0.29, 0.717) is 11.7 Å². The second-order valence-electron chi connectivity index (χ2n) is 3.24. The van der Waals surface area contributed by atoms with Crippen LogP contribution >= 0.6 is 11.6 Å². The van der Waals surface area contributed by atoms with E-state index in [9.17, 15) is 0 Å². The van der Waals surface area contributed by atoms with E-state index < -0.39 is 0 Å². The second kappa shape index (κ2) is 5.01. The van der Waals surface area contributed by atoms with Gasteiger partial charge in [0.1, 0.15) is 5.82 Å². The maximum atomic E-state index is 5.63. The molecule has 2 N–H and O–H groups in total. The Morgan fingerprint density at radius 2 is 2.21 bits per heavy atom. The van der Waals surface area contributed by atoms with Crippen LogP contribution in [-0.2, 0) is 0 Å². The number of rotatable bonds is 3. The number of allylic oxidation sites excluding steroid dienone is 1. The van der Waals surface area contributed by atoms with Gasteiger partial charge in [-0.2, -0.15) is 0 Å². The zero-order valence-corrected chi connectivity index (χ0v) is 9.30. The Morgan fingerprint density at radius 1 is 1.50 bits per heavy atom. The zero-order chi connectivity index (χ0) is 10.6. The van der Waals surface area contributed by atoms with Crippen LogP contribution in [0.2, 0.25) is 0 Å². The van der Waals surface area contributed by atoms with E-state index in [2.05, 4.69) is 17.1 Å². The second-order valence-corrected chi connectivity index (χ2v) is 3.62.